The summed E-state index contributed by atoms with van der Waals surface area (Å²) in [6.45, 7) is 7.77. The van der Waals surface area contributed by atoms with Crippen molar-refractivity contribution in [1.82, 2.24) is 10.6 Å². The average Bonchev–Trinajstić information content (AvgIpc) is 2.43. The number of carbonyl (C=O) groups excluding carboxylic acids is 2. The molecular weight excluding hydrogens is 268 g/mol. The first kappa shape index (κ1) is 17.2. The van der Waals surface area contributed by atoms with Crippen LogP contribution in [0.1, 0.15) is 43.6 Å². The lowest BCUT2D eigenvalue weighted by atomic mass is 9.87. The Bertz CT molecular complexity index is 489. The maximum Gasteiger partial charge on any atom is 0.251 e. The van der Waals surface area contributed by atoms with Gasteiger partial charge in [0.05, 0.1) is 13.2 Å². The third-order valence-corrected chi connectivity index (χ3v) is 3.10. The number of aliphatic hydroxyl groups is 1. The molecule has 0 bridgehead atoms. The average molecular weight is 292 g/mol. The van der Waals surface area contributed by atoms with Crippen LogP contribution in [0.3, 0.4) is 0 Å². The Kier molecular flexibility index (Phi) is 5.90. The smallest absolute Gasteiger partial charge is 0.251 e. The van der Waals surface area contributed by atoms with Crippen molar-refractivity contribution in [3.8, 4) is 0 Å². The van der Waals surface area contributed by atoms with Crippen LogP contribution in [-0.2, 0) is 10.2 Å². The minimum Gasteiger partial charge on any atom is -0.394 e. The van der Waals surface area contributed by atoms with Crippen LogP contribution in [0, 0.1) is 0 Å². The van der Waals surface area contributed by atoms with Crippen molar-refractivity contribution >= 4 is 11.8 Å². The van der Waals surface area contributed by atoms with Crippen molar-refractivity contribution in [2.24, 2.45) is 0 Å². The second-order valence-electron chi connectivity index (χ2n) is 6.16. The van der Waals surface area contributed by atoms with E-state index in [-0.39, 0.29) is 36.4 Å². The van der Waals surface area contributed by atoms with E-state index in [0.717, 1.165) is 5.56 Å². The first-order valence-corrected chi connectivity index (χ1v) is 7.03. The van der Waals surface area contributed by atoms with Gasteiger partial charge in [0.15, 0.2) is 0 Å². The highest BCUT2D eigenvalue weighted by Crippen LogP contribution is 2.22. The Morgan fingerprint density at radius 3 is 2.24 bits per heavy atom. The van der Waals surface area contributed by atoms with Crippen molar-refractivity contribution in [2.75, 3.05) is 13.2 Å². The molecule has 2 amide bonds. The standard InChI is InChI=1S/C16H24N2O3/c1-11(10-19)18-14(20)9-17-15(21)12-5-7-13(8-6-12)16(2,3)4/h5-8,11,19H,9-10H2,1-4H3,(H,17,21)(H,18,20). The van der Waals surface area contributed by atoms with Crippen LogP contribution < -0.4 is 10.6 Å². The second kappa shape index (κ2) is 7.22. The van der Waals surface area contributed by atoms with Gasteiger partial charge in [0, 0.05) is 11.6 Å². The molecule has 1 aromatic carbocycles. The van der Waals surface area contributed by atoms with Crippen molar-refractivity contribution < 1.29 is 14.7 Å². The number of hydrogen-bond donors (Lipinski definition) is 3. The van der Waals surface area contributed by atoms with Crippen LogP contribution in [0.2, 0.25) is 0 Å². The van der Waals surface area contributed by atoms with E-state index in [1.54, 1.807) is 19.1 Å². The van der Waals surface area contributed by atoms with Crippen LogP contribution in [0.25, 0.3) is 0 Å². The molecule has 0 spiro atoms. The molecule has 1 rings (SSSR count). The minimum absolute atomic E-state index is 0.0370. The summed E-state index contributed by atoms with van der Waals surface area (Å²) in [6, 6.07) is 7.03. The first-order chi connectivity index (χ1) is 9.74. The lowest BCUT2D eigenvalue weighted by Crippen LogP contribution is -2.42. The fraction of sp³-hybridized carbons (Fsp3) is 0.500. The summed E-state index contributed by atoms with van der Waals surface area (Å²) >= 11 is 0. The summed E-state index contributed by atoms with van der Waals surface area (Å²) in [5, 5.41) is 13.9. The molecule has 0 aliphatic heterocycles. The molecule has 3 N–H and O–H groups in total. The van der Waals surface area contributed by atoms with E-state index in [9.17, 15) is 9.59 Å². The third-order valence-electron chi connectivity index (χ3n) is 3.10. The van der Waals surface area contributed by atoms with E-state index < -0.39 is 0 Å². The highest BCUT2D eigenvalue weighted by Gasteiger charge is 2.14. The minimum atomic E-state index is -0.323. The predicted octanol–water partition coefficient (Wildman–Crippen LogP) is 1.21. The molecule has 0 aliphatic rings. The molecule has 0 saturated heterocycles. The summed E-state index contributed by atoms with van der Waals surface area (Å²) < 4.78 is 0. The molecule has 5 heteroatoms. The molecule has 1 aromatic rings. The molecule has 1 unspecified atom stereocenters. The number of hydrogen-bond acceptors (Lipinski definition) is 3. The van der Waals surface area contributed by atoms with Gasteiger partial charge in [0.25, 0.3) is 5.91 Å². The summed E-state index contributed by atoms with van der Waals surface area (Å²) in [4.78, 5) is 23.4. The molecule has 0 heterocycles. The highest BCUT2D eigenvalue weighted by molar-refractivity contribution is 5.96. The normalized spacial score (nSPS) is 12.6. The van der Waals surface area contributed by atoms with Crippen molar-refractivity contribution in [3.05, 3.63) is 35.4 Å². The van der Waals surface area contributed by atoms with Crippen molar-refractivity contribution in [1.29, 1.82) is 0 Å². The topological polar surface area (TPSA) is 78.4 Å². The highest BCUT2D eigenvalue weighted by atomic mass is 16.3. The molecule has 0 aromatic heterocycles. The third kappa shape index (κ3) is 5.55. The molecule has 0 radical (unpaired) electrons. The predicted molar refractivity (Wildman–Crippen MR) is 82.2 cm³/mol. The molecular formula is C16H24N2O3. The number of aliphatic hydroxyl groups excluding tert-OH is 1. The quantitative estimate of drug-likeness (QED) is 0.763. The van der Waals surface area contributed by atoms with Crippen LogP contribution in [0.15, 0.2) is 24.3 Å². The fourth-order valence-corrected chi connectivity index (χ4v) is 1.76. The van der Waals surface area contributed by atoms with Crippen molar-refractivity contribution in [2.45, 2.75) is 39.2 Å². The Balaban J connectivity index is 2.55. The summed E-state index contributed by atoms with van der Waals surface area (Å²) in [5.74, 6) is -0.613. The first-order valence-electron chi connectivity index (χ1n) is 7.03. The van der Waals surface area contributed by atoms with Gasteiger partial charge in [-0.1, -0.05) is 32.9 Å². The molecule has 0 aliphatic carbocycles. The van der Waals surface area contributed by atoms with E-state index in [2.05, 4.69) is 31.4 Å². The molecule has 5 nitrogen and oxygen atoms in total. The Labute approximate surface area is 125 Å². The van der Waals surface area contributed by atoms with Gasteiger partial charge in [-0.15, -0.1) is 0 Å². The zero-order chi connectivity index (χ0) is 16.0. The lowest BCUT2D eigenvalue weighted by molar-refractivity contribution is -0.121. The van der Waals surface area contributed by atoms with Crippen LogP contribution in [-0.4, -0.2) is 36.1 Å². The van der Waals surface area contributed by atoms with Gasteiger partial charge in [-0.05, 0) is 30.0 Å². The van der Waals surface area contributed by atoms with Crippen LogP contribution in [0.4, 0.5) is 0 Å². The van der Waals surface area contributed by atoms with Crippen LogP contribution in [0.5, 0.6) is 0 Å². The van der Waals surface area contributed by atoms with E-state index in [0.29, 0.717) is 5.56 Å². The molecule has 21 heavy (non-hydrogen) atoms. The second-order valence-corrected chi connectivity index (χ2v) is 6.16. The van der Waals surface area contributed by atoms with Gasteiger partial charge in [-0.2, -0.15) is 0 Å². The number of rotatable bonds is 5. The number of carbonyl (C=O) groups is 2. The molecule has 116 valence electrons. The van der Waals surface area contributed by atoms with E-state index in [4.69, 9.17) is 5.11 Å². The Morgan fingerprint density at radius 1 is 1.19 bits per heavy atom. The fourth-order valence-electron chi connectivity index (χ4n) is 1.76. The monoisotopic (exact) mass is 292 g/mol. The number of benzene rings is 1. The van der Waals surface area contributed by atoms with Gasteiger partial charge < -0.3 is 15.7 Å². The van der Waals surface area contributed by atoms with E-state index in [1.165, 1.54) is 0 Å². The summed E-state index contributed by atoms with van der Waals surface area (Å²) in [6.07, 6.45) is 0. The van der Waals surface area contributed by atoms with Gasteiger partial charge in [0.2, 0.25) is 5.91 Å². The number of nitrogens with one attached hydrogen (secondary N) is 2. The van der Waals surface area contributed by atoms with Crippen LogP contribution >= 0.6 is 0 Å². The van der Waals surface area contributed by atoms with Crippen molar-refractivity contribution in [3.63, 3.8) is 0 Å². The van der Waals surface area contributed by atoms with E-state index in [1.807, 2.05) is 12.1 Å². The maximum atomic E-state index is 11.9. The lowest BCUT2D eigenvalue weighted by Gasteiger charge is -2.19. The summed E-state index contributed by atoms with van der Waals surface area (Å²) in [7, 11) is 0. The van der Waals surface area contributed by atoms with Gasteiger partial charge in [0.1, 0.15) is 0 Å². The molecule has 0 saturated carbocycles. The molecule has 0 fully saturated rings. The summed E-state index contributed by atoms with van der Waals surface area (Å²) in [5.41, 5.74) is 1.70. The van der Waals surface area contributed by atoms with Gasteiger partial charge in [-0.25, -0.2) is 0 Å². The van der Waals surface area contributed by atoms with Gasteiger partial charge >= 0.3 is 0 Å². The largest absolute Gasteiger partial charge is 0.394 e. The van der Waals surface area contributed by atoms with E-state index >= 15 is 0 Å². The number of amides is 2. The Morgan fingerprint density at radius 2 is 1.76 bits per heavy atom. The SMILES string of the molecule is CC(CO)NC(=O)CNC(=O)c1ccc(C(C)(C)C)cc1. The zero-order valence-electron chi connectivity index (χ0n) is 13.1. The van der Waals surface area contributed by atoms with Gasteiger partial charge in [-0.3, -0.25) is 9.59 Å². The zero-order valence-corrected chi connectivity index (χ0v) is 13.1. The maximum absolute atomic E-state index is 11.9. The molecule has 1 atom stereocenters. The Hall–Kier alpha value is -1.88.